The summed E-state index contributed by atoms with van der Waals surface area (Å²) >= 11 is 11.8. The van der Waals surface area contributed by atoms with Crippen molar-refractivity contribution < 1.29 is 9.59 Å². The summed E-state index contributed by atoms with van der Waals surface area (Å²) in [7, 11) is 0. The van der Waals surface area contributed by atoms with E-state index in [9.17, 15) is 9.59 Å². The minimum atomic E-state index is -0.511. The molecule has 2 fully saturated rings. The van der Waals surface area contributed by atoms with Crippen LogP contribution in [0, 0.1) is 0 Å². The van der Waals surface area contributed by atoms with E-state index in [1.54, 1.807) is 18.2 Å². The molecule has 0 bridgehead atoms. The smallest absolute Gasteiger partial charge is 0.252 e. The number of carbonyl (C=O) groups is 2. The molecule has 1 aliphatic carbocycles. The first-order chi connectivity index (χ1) is 9.04. The van der Waals surface area contributed by atoms with Gasteiger partial charge in [0.15, 0.2) is 0 Å². The summed E-state index contributed by atoms with van der Waals surface area (Å²) in [6, 6.07) is 4.60. The van der Waals surface area contributed by atoms with Crippen molar-refractivity contribution in [2.75, 3.05) is 5.32 Å². The highest BCUT2D eigenvalue weighted by Crippen LogP contribution is 2.32. The number of rotatable bonds is 3. The SMILES string of the molecule is O=C1CC(Nc2cc(Cl)cc(Cl)c2)C(=O)N1C1CC1. The number of hydrogen-bond acceptors (Lipinski definition) is 3. The number of benzene rings is 1. The fourth-order valence-electron chi connectivity index (χ4n) is 2.32. The Morgan fingerprint density at radius 3 is 2.32 bits per heavy atom. The highest BCUT2D eigenvalue weighted by molar-refractivity contribution is 6.35. The summed E-state index contributed by atoms with van der Waals surface area (Å²) < 4.78 is 0. The Morgan fingerprint density at radius 1 is 1.11 bits per heavy atom. The lowest BCUT2D eigenvalue weighted by atomic mass is 10.2. The topological polar surface area (TPSA) is 49.4 Å². The van der Waals surface area contributed by atoms with Gasteiger partial charge in [-0.3, -0.25) is 14.5 Å². The van der Waals surface area contributed by atoms with Gasteiger partial charge in [0.2, 0.25) is 5.91 Å². The molecule has 2 amide bonds. The number of amides is 2. The Bertz CT molecular complexity index is 537. The Morgan fingerprint density at radius 2 is 1.74 bits per heavy atom. The molecular formula is C13H12Cl2N2O2. The van der Waals surface area contributed by atoms with Crippen LogP contribution in [0.2, 0.25) is 10.0 Å². The lowest BCUT2D eigenvalue weighted by molar-refractivity contribution is -0.139. The number of nitrogens with one attached hydrogen (secondary N) is 1. The van der Waals surface area contributed by atoms with Crippen molar-refractivity contribution in [2.45, 2.75) is 31.3 Å². The zero-order valence-electron chi connectivity index (χ0n) is 10.0. The first-order valence-electron chi connectivity index (χ1n) is 6.13. The van der Waals surface area contributed by atoms with E-state index < -0.39 is 6.04 Å². The van der Waals surface area contributed by atoms with E-state index in [0.717, 1.165) is 12.8 Å². The average molecular weight is 299 g/mol. The first kappa shape index (κ1) is 12.8. The van der Waals surface area contributed by atoms with Gasteiger partial charge in [-0.05, 0) is 31.0 Å². The van der Waals surface area contributed by atoms with Crippen molar-refractivity contribution in [3.8, 4) is 0 Å². The molecule has 2 aliphatic rings. The normalized spacial score (nSPS) is 23.1. The fourth-order valence-corrected chi connectivity index (χ4v) is 2.84. The van der Waals surface area contributed by atoms with Gasteiger partial charge in [-0.1, -0.05) is 23.2 Å². The van der Waals surface area contributed by atoms with E-state index in [-0.39, 0.29) is 24.3 Å². The van der Waals surface area contributed by atoms with Crippen LogP contribution in [0.3, 0.4) is 0 Å². The van der Waals surface area contributed by atoms with Gasteiger partial charge in [0.1, 0.15) is 6.04 Å². The fraction of sp³-hybridized carbons (Fsp3) is 0.385. The summed E-state index contributed by atoms with van der Waals surface area (Å²) in [5, 5.41) is 4.02. The molecule has 3 rings (SSSR count). The van der Waals surface area contributed by atoms with Gasteiger partial charge < -0.3 is 5.32 Å². The quantitative estimate of drug-likeness (QED) is 0.873. The summed E-state index contributed by atoms with van der Waals surface area (Å²) in [5.41, 5.74) is 0.654. The lowest BCUT2D eigenvalue weighted by Gasteiger charge is -2.15. The Balaban J connectivity index is 1.76. The maximum atomic E-state index is 12.1. The molecule has 1 heterocycles. The lowest BCUT2D eigenvalue weighted by Crippen LogP contribution is -2.36. The van der Waals surface area contributed by atoms with Crippen LogP contribution in [-0.2, 0) is 9.59 Å². The molecular weight excluding hydrogens is 287 g/mol. The van der Waals surface area contributed by atoms with Gasteiger partial charge in [0.25, 0.3) is 5.91 Å². The number of nitrogens with zero attached hydrogens (tertiary/aromatic N) is 1. The summed E-state index contributed by atoms with van der Waals surface area (Å²) in [6.07, 6.45) is 2.04. The molecule has 1 unspecified atom stereocenters. The summed E-state index contributed by atoms with van der Waals surface area (Å²) in [6.45, 7) is 0. The van der Waals surface area contributed by atoms with E-state index in [2.05, 4.69) is 5.32 Å². The first-order valence-corrected chi connectivity index (χ1v) is 6.89. The van der Waals surface area contributed by atoms with Gasteiger partial charge in [-0.25, -0.2) is 0 Å². The Hall–Kier alpha value is -1.26. The van der Waals surface area contributed by atoms with Crippen LogP contribution in [0.1, 0.15) is 19.3 Å². The summed E-state index contributed by atoms with van der Waals surface area (Å²) in [5.74, 6) is -0.248. The molecule has 1 aromatic rings. The average Bonchev–Trinajstić information content (AvgIpc) is 3.07. The van der Waals surface area contributed by atoms with Crippen LogP contribution in [0.4, 0.5) is 5.69 Å². The van der Waals surface area contributed by atoms with Crippen LogP contribution in [0.25, 0.3) is 0 Å². The third-order valence-corrected chi connectivity index (χ3v) is 3.73. The maximum Gasteiger partial charge on any atom is 0.252 e. The van der Waals surface area contributed by atoms with Gasteiger partial charge in [0, 0.05) is 21.8 Å². The molecule has 1 saturated carbocycles. The molecule has 19 heavy (non-hydrogen) atoms. The standard InChI is InChI=1S/C13H12Cl2N2O2/c14-7-3-8(15)5-9(4-7)16-11-6-12(18)17(13(11)19)10-1-2-10/h3-5,10-11,16H,1-2,6H2. The van der Waals surface area contributed by atoms with E-state index in [1.165, 1.54) is 4.90 Å². The van der Waals surface area contributed by atoms with Crippen molar-refractivity contribution in [1.29, 1.82) is 0 Å². The molecule has 0 spiro atoms. The molecule has 100 valence electrons. The maximum absolute atomic E-state index is 12.1. The third-order valence-electron chi connectivity index (χ3n) is 3.30. The van der Waals surface area contributed by atoms with Gasteiger partial charge >= 0.3 is 0 Å². The molecule has 6 heteroatoms. The van der Waals surface area contributed by atoms with Crippen molar-refractivity contribution in [3.63, 3.8) is 0 Å². The molecule has 0 aromatic heterocycles. The predicted molar refractivity (Wildman–Crippen MR) is 73.4 cm³/mol. The molecule has 1 atom stereocenters. The van der Waals surface area contributed by atoms with Crippen molar-refractivity contribution >= 4 is 40.7 Å². The van der Waals surface area contributed by atoms with E-state index in [0.29, 0.717) is 15.7 Å². The molecule has 1 aliphatic heterocycles. The van der Waals surface area contributed by atoms with Gasteiger partial charge in [-0.15, -0.1) is 0 Å². The zero-order chi connectivity index (χ0) is 13.6. The predicted octanol–water partition coefficient (Wildman–Crippen LogP) is 2.70. The third kappa shape index (κ3) is 2.55. The second-order valence-corrected chi connectivity index (χ2v) is 5.77. The van der Waals surface area contributed by atoms with Crippen LogP contribution in [0.15, 0.2) is 18.2 Å². The number of hydrogen-bond donors (Lipinski definition) is 1. The molecule has 1 saturated heterocycles. The number of imide groups is 1. The monoisotopic (exact) mass is 298 g/mol. The Labute approximate surface area is 120 Å². The number of carbonyl (C=O) groups excluding carboxylic acids is 2. The summed E-state index contributed by atoms with van der Waals surface area (Å²) in [4.78, 5) is 25.4. The van der Waals surface area contributed by atoms with Crippen LogP contribution >= 0.6 is 23.2 Å². The van der Waals surface area contributed by atoms with Crippen molar-refractivity contribution in [3.05, 3.63) is 28.2 Å². The van der Waals surface area contributed by atoms with Gasteiger partial charge in [0.05, 0.1) is 6.42 Å². The highest BCUT2D eigenvalue weighted by Gasteiger charge is 2.46. The zero-order valence-corrected chi connectivity index (χ0v) is 11.5. The van der Waals surface area contributed by atoms with Crippen LogP contribution < -0.4 is 5.32 Å². The van der Waals surface area contributed by atoms with Crippen LogP contribution in [-0.4, -0.2) is 28.8 Å². The van der Waals surface area contributed by atoms with Crippen molar-refractivity contribution in [1.82, 2.24) is 4.90 Å². The number of likely N-dealkylation sites (tertiary alicyclic amines) is 1. The molecule has 4 nitrogen and oxygen atoms in total. The van der Waals surface area contributed by atoms with Crippen molar-refractivity contribution in [2.24, 2.45) is 0 Å². The largest absolute Gasteiger partial charge is 0.373 e. The highest BCUT2D eigenvalue weighted by atomic mass is 35.5. The second kappa shape index (κ2) is 4.69. The van der Waals surface area contributed by atoms with E-state index >= 15 is 0 Å². The number of halogens is 2. The Kier molecular flexibility index (Phi) is 3.15. The second-order valence-electron chi connectivity index (χ2n) is 4.89. The minimum absolute atomic E-state index is 0.0990. The number of anilines is 1. The minimum Gasteiger partial charge on any atom is -0.373 e. The van der Waals surface area contributed by atoms with Crippen LogP contribution in [0.5, 0.6) is 0 Å². The van der Waals surface area contributed by atoms with E-state index in [4.69, 9.17) is 23.2 Å². The van der Waals surface area contributed by atoms with Gasteiger partial charge in [-0.2, -0.15) is 0 Å². The molecule has 1 aromatic carbocycles. The van der Waals surface area contributed by atoms with E-state index in [1.807, 2.05) is 0 Å². The molecule has 0 radical (unpaired) electrons. The molecule has 1 N–H and O–H groups in total.